The first kappa shape index (κ1) is 14.5. The van der Waals surface area contributed by atoms with Gasteiger partial charge in [-0.1, -0.05) is 12.1 Å². The predicted molar refractivity (Wildman–Crippen MR) is 70.1 cm³/mol. The molecule has 10 heteroatoms. The van der Waals surface area contributed by atoms with Crippen LogP contribution in [0.3, 0.4) is 0 Å². The number of hydrogen-bond donors (Lipinski definition) is 2. The Labute approximate surface area is 116 Å². The number of nitrogens with zero attached hydrogens (tertiary/aromatic N) is 4. The first-order chi connectivity index (χ1) is 9.53. The lowest BCUT2D eigenvalue weighted by molar-refractivity contribution is 0.410. The minimum atomic E-state index is -3.69. The molecule has 110 valence electrons. The van der Waals surface area contributed by atoms with Crippen molar-refractivity contribution in [1.29, 1.82) is 0 Å². The first-order valence-corrected chi connectivity index (χ1v) is 7.59. The molecule has 0 aliphatic rings. The Balaban J connectivity index is 2.02. The number of nitrogen functional groups attached to an aromatic ring is 1. The maximum absolute atomic E-state index is 12.1. The van der Waals surface area contributed by atoms with Gasteiger partial charge in [0.05, 0.1) is 0 Å². The third kappa shape index (κ3) is 3.33. The van der Waals surface area contributed by atoms with Crippen LogP contribution in [0.25, 0.3) is 0 Å². The van der Waals surface area contributed by atoms with Crippen LogP contribution in [0, 0.1) is 0 Å². The summed E-state index contributed by atoms with van der Waals surface area (Å²) in [6, 6.07) is 0. The third-order valence-corrected chi connectivity index (χ3v) is 4.02. The van der Waals surface area contributed by atoms with Crippen molar-refractivity contribution in [3.63, 3.8) is 0 Å². The Morgan fingerprint density at radius 2 is 2.30 bits per heavy atom. The smallest absolute Gasteiger partial charge is 0.245 e. The number of sulfonamides is 1. The molecule has 20 heavy (non-hydrogen) atoms. The van der Waals surface area contributed by atoms with Crippen LogP contribution in [0.2, 0.25) is 0 Å². The van der Waals surface area contributed by atoms with Gasteiger partial charge in [0.1, 0.15) is 4.90 Å². The van der Waals surface area contributed by atoms with Gasteiger partial charge in [-0.2, -0.15) is 10.1 Å². The summed E-state index contributed by atoms with van der Waals surface area (Å²) in [5.74, 6) is 0.424. The number of aromatic nitrogens is 4. The zero-order valence-corrected chi connectivity index (χ0v) is 11.8. The molecule has 0 radical (unpaired) electrons. The van der Waals surface area contributed by atoms with Gasteiger partial charge in [-0.15, -0.1) is 0 Å². The second-order valence-electron chi connectivity index (χ2n) is 4.14. The summed E-state index contributed by atoms with van der Waals surface area (Å²) in [6.45, 7) is 2.73. The van der Waals surface area contributed by atoms with Crippen molar-refractivity contribution < 1.29 is 12.9 Å². The summed E-state index contributed by atoms with van der Waals surface area (Å²) >= 11 is 0. The van der Waals surface area contributed by atoms with Gasteiger partial charge in [0.15, 0.2) is 11.6 Å². The normalized spacial score (nSPS) is 11.8. The molecule has 0 atom stereocenters. The van der Waals surface area contributed by atoms with E-state index in [1.54, 1.807) is 0 Å². The van der Waals surface area contributed by atoms with Gasteiger partial charge in [0, 0.05) is 25.7 Å². The van der Waals surface area contributed by atoms with Crippen molar-refractivity contribution in [1.82, 2.24) is 24.6 Å². The second kappa shape index (κ2) is 6.01. The Hall–Kier alpha value is -1.94. The van der Waals surface area contributed by atoms with E-state index >= 15 is 0 Å². The highest BCUT2D eigenvalue weighted by molar-refractivity contribution is 7.89. The molecule has 3 N–H and O–H groups in total. The standard InChI is InChI=1S/C10H16N6O3S/c1-2-5-16-6-8(10(11)14-16)20(17,18)13-4-3-9-12-7-19-15-9/h6-7,13H,2-5H2,1H3,(H2,11,14). The van der Waals surface area contributed by atoms with E-state index in [0.29, 0.717) is 18.8 Å². The van der Waals surface area contributed by atoms with Crippen LogP contribution in [0.5, 0.6) is 0 Å². The fourth-order valence-corrected chi connectivity index (χ4v) is 2.75. The summed E-state index contributed by atoms with van der Waals surface area (Å²) in [5.41, 5.74) is 5.63. The molecule has 0 aromatic carbocycles. The Bertz CT molecular complexity index is 649. The average molecular weight is 300 g/mol. The molecule has 2 aromatic rings. The predicted octanol–water partition coefficient (Wildman–Crippen LogP) is -0.221. The Morgan fingerprint density at radius 1 is 1.50 bits per heavy atom. The molecule has 0 fully saturated rings. The van der Waals surface area contributed by atoms with Crippen LogP contribution in [0.4, 0.5) is 5.82 Å². The summed E-state index contributed by atoms with van der Waals surface area (Å²) in [5, 5.41) is 7.55. The number of hydrogen-bond acceptors (Lipinski definition) is 7. The zero-order chi connectivity index (χ0) is 14.6. The van der Waals surface area contributed by atoms with E-state index in [9.17, 15) is 8.42 Å². The second-order valence-corrected chi connectivity index (χ2v) is 5.87. The minimum Gasteiger partial charge on any atom is -0.381 e. The summed E-state index contributed by atoms with van der Waals surface area (Å²) in [6.07, 6.45) is 3.79. The summed E-state index contributed by atoms with van der Waals surface area (Å²) in [4.78, 5) is 3.79. The fourth-order valence-electron chi connectivity index (χ4n) is 1.65. The number of aryl methyl sites for hydroxylation is 1. The van der Waals surface area contributed by atoms with E-state index in [0.717, 1.165) is 6.42 Å². The van der Waals surface area contributed by atoms with E-state index in [4.69, 9.17) is 5.73 Å². The van der Waals surface area contributed by atoms with Gasteiger partial charge in [-0.25, -0.2) is 13.1 Å². The molecule has 0 bridgehead atoms. The average Bonchev–Trinajstić information content (AvgIpc) is 2.99. The molecule has 0 aliphatic heterocycles. The molecule has 9 nitrogen and oxygen atoms in total. The highest BCUT2D eigenvalue weighted by atomic mass is 32.2. The quantitative estimate of drug-likeness (QED) is 0.723. The van der Waals surface area contributed by atoms with E-state index < -0.39 is 10.0 Å². The van der Waals surface area contributed by atoms with Crippen LogP contribution < -0.4 is 10.5 Å². The highest BCUT2D eigenvalue weighted by Gasteiger charge is 2.20. The van der Waals surface area contributed by atoms with Gasteiger partial charge >= 0.3 is 0 Å². The van der Waals surface area contributed by atoms with Crippen molar-refractivity contribution >= 4 is 15.8 Å². The first-order valence-electron chi connectivity index (χ1n) is 6.10. The van der Waals surface area contributed by atoms with Gasteiger partial charge in [0.25, 0.3) is 0 Å². The van der Waals surface area contributed by atoms with Crippen LogP contribution in [-0.4, -0.2) is 34.9 Å². The molecule has 0 unspecified atom stereocenters. The van der Waals surface area contributed by atoms with Crippen LogP contribution in [0.1, 0.15) is 19.2 Å². The van der Waals surface area contributed by atoms with E-state index in [1.807, 2.05) is 6.92 Å². The lowest BCUT2D eigenvalue weighted by Crippen LogP contribution is -2.26. The van der Waals surface area contributed by atoms with E-state index in [2.05, 4.69) is 24.5 Å². The topological polar surface area (TPSA) is 129 Å². The Morgan fingerprint density at radius 3 is 2.95 bits per heavy atom. The number of anilines is 1. The highest BCUT2D eigenvalue weighted by Crippen LogP contribution is 2.16. The fraction of sp³-hybridized carbons (Fsp3) is 0.500. The molecule has 2 aromatic heterocycles. The van der Waals surface area contributed by atoms with E-state index in [1.165, 1.54) is 17.3 Å². The van der Waals surface area contributed by atoms with Gasteiger partial charge < -0.3 is 10.3 Å². The largest absolute Gasteiger partial charge is 0.381 e. The summed E-state index contributed by atoms with van der Waals surface area (Å²) in [7, 11) is -3.69. The van der Waals surface area contributed by atoms with Crippen LogP contribution >= 0.6 is 0 Å². The maximum Gasteiger partial charge on any atom is 0.245 e. The molecule has 0 amide bonds. The van der Waals surface area contributed by atoms with Crippen molar-refractivity contribution in [2.45, 2.75) is 31.2 Å². The maximum atomic E-state index is 12.1. The van der Waals surface area contributed by atoms with E-state index in [-0.39, 0.29) is 17.3 Å². The molecule has 0 spiro atoms. The SMILES string of the molecule is CCCn1cc(S(=O)(=O)NCCc2ncon2)c(N)n1. The molecule has 0 aliphatic carbocycles. The number of rotatable bonds is 7. The van der Waals surface area contributed by atoms with Crippen molar-refractivity contribution in [3.05, 3.63) is 18.4 Å². The molecule has 0 saturated carbocycles. The van der Waals surface area contributed by atoms with Gasteiger partial charge in [0.2, 0.25) is 16.4 Å². The third-order valence-electron chi connectivity index (χ3n) is 2.54. The number of nitrogens with one attached hydrogen (secondary N) is 1. The van der Waals surface area contributed by atoms with Crippen molar-refractivity contribution in [2.75, 3.05) is 12.3 Å². The van der Waals surface area contributed by atoms with Gasteiger partial charge in [-0.3, -0.25) is 4.68 Å². The minimum absolute atomic E-state index is 0.00879. The Kier molecular flexibility index (Phi) is 4.35. The molecular formula is C10H16N6O3S. The molecular weight excluding hydrogens is 284 g/mol. The van der Waals surface area contributed by atoms with Gasteiger partial charge in [-0.05, 0) is 6.42 Å². The molecule has 0 saturated heterocycles. The van der Waals surface area contributed by atoms with Crippen LogP contribution in [0.15, 0.2) is 22.0 Å². The monoisotopic (exact) mass is 300 g/mol. The molecule has 2 heterocycles. The van der Waals surface area contributed by atoms with Crippen molar-refractivity contribution in [3.8, 4) is 0 Å². The lowest BCUT2D eigenvalue weighted by atomic mass is 10.4. The molecule has 2 rings (SSSR count). The number of nitrogens with two attached hydrogens (primary N) is 1. The summed E-state index contributed by atoms with van der Waals surface area (Å²) < 4.78 is 32.7. The lowest BCUT2D eigenvalue weighted by Gasteiger charge is -2.03. The zero-order valence-electron chi connectivity index (χ0n) is 11.0. The van der Waals surface area contributed by atoms with Crippen molar-refractivity contribution in [2.24, 2.45) is 0 Å². The van der Waals surface area contributed by atoms with Crippen LogP contribution in [-0.2, 0) is 23.0 Å².